The first-order chi connectivity index (χ1) is 10.7. The average Bonchev–Trinajstić information content (AvgIpc) is 3.03. The Morgan fingerprint density at radius 1 is 1.30 bits per heavy atom. The maximum Gasteiger partial charge on any atom is 0.243 e. The molecule has 2 atom stereocenters. The number of thioether (sulfide) groups is 1. The molecule has 0 aromatic heterocycles. The molecule has 0 spiro atoms. The SMILES string of the molecule is CCCC(=O)N1CSCC1C(=O)NC(CN)C1CCCCC1.Cl. The number of halogens is 1. The van der Waals surface area contributed by atoms with Gasteiger partial charge >= 0.3 is 0 Å². The fraction of sp³-hybridized carbons (Fsp3) is 0.875. The Morgan fingerprint density at radius 2 is 2.00 bits per heavy atom. The van der Waals surface area contributed by atoms with Gasteiger partial charge < -0.3 is 16.0 Å². The Kier molecular flexibility index (Phi) is 9.32. The van der Waals surface area contributed by atoms with Crippen molar-refractivity contribution in [3.63, 3.8) is 0 Å². The quantitative estimate of drug-likeness (QED) is 0.758. The van der Waals surface area contributed by atoms with E-state index in [1.807, 2.05) is 6.92 Å². The van der Waals surface area contributed by atoms with Gasteiger partial charge in [0, 0.05) is 24.8 Å². The van der Waals surface area contributed by atoms with Gasteiger partial charge in [-0.3, -0.25) is 9.59 Å². The Hall–Kier alpha value is -0.460. The van der Waals surface area contributed by atoms with Crippen LogP contribution in [0.5, 0.6) is 0 Å². The average molecular weight is 364 g/mol. The highest BCUT2D eigenvalue weighted by molar-refractivity contribution is 7.99. The molecular formula is C16H30ClN3O2S. The van der Waals surface area contributed by atoms with E-state index in [-0.39, 0.29) is 36.3 Å². The molecule has 0 bridgehead atoms. The second kappa shape index (κ2) is 10.4. The molecule has 2 amide bonds. The number of hydrogen-bond acceptors (Lipinski definition) is 4. The normalized spacial score (nSPS) is 23.2. The minimum atomic E-state index is -0.318. The summed E-state index contributed by atoms with van der Waals surface area (Å²) in [6.45, 7) is 2.48. The van der Waals surface area contributed by atoms with Crippen LogP contribution < -0.4 is 11.1 Å². The molecule has 3 N–H and O–H groups in total. The van der Waals surface area contributed by atoms with Crippen LogP contribution in [0.1, 0.15) is 51.9 Å². The zero-order valence-electron chi connectivity index (χ0n) is 14.0. The van der Waals surface area contributed by atoms with Gasteiger partial charge in [0.05, 0.1) is 5.88 Å². The van der Waals surface area contributed by atoms with Crippen LogP contribution >= 0.6 is 24.2 Å². The molecule has 2 aliphatic rings. The number of rotatable bonds is 6. The molecule has 0 aromatic carbocycles. The first-order valence-corrected chi connectivity index (χ1v) is 9.70. The lowest BCUT2D eigenvalue weighted by molar-refractivity contribution is -0.138. The van der Waals surface area contributed by atoms with Gasteiger partial charge in [-0.1, -0.05) is 26.2 Å². The zero-order valence-corrected chi connectivity index (χ0v) is 15.6. The van der Waals surface area contributed by atoms with Crippen molar-refractivity contribution in [1.82, 2.24) is 10.2 Å². The van der Waals surface area contributed by atoms with Crippen LogP contribution in [0.15, 0.2) is 0 Å². The first kappa shape index (κ1) is 20.6. The molecule has 2 rings (SSSR count). The monoisotopic (exact) mass is 363 g/mol. The lowest BCUT2D eigenvalue weighted by Gasteiger charge is -2.32. The van der Waals surface area contributed by atoms with Crippen LogP contribution in [0.2, 0.25) is 0 Å². The van der Waals surface area contributed by atoms with Crippen LogP contribution in [-0.4, -0.2) is 47.0 Å². The van der Waals surface area contributed by atoms with E-state index in [0.29, 0.717) is 30.5 Å². The van der Waals surface area contributed by atoms with Gasteiger partial charge in [0.25, 0.3) is 0 Å². The van der Waals surface area contributed by atoms with Crippen molar-refractivity contribution < 1.29 is 9.59 Å². The number of carbonyl (C=O) groups excluding carboxylic acids is 2. The summed E-state index contributed by atoms with van der Waals surface area (Å²) >= 11 is 1.66. The molecule has 1 heterocycles. The third kappa shape index (κ3) is 5.54. The third-order valence-electron chi connectivity index (χ3n) is 4.77. The van der Waals surface area contributed by atoms with Crippen molar-refractivity contribution in [3.8, 4) is 0 Å². The summed E-state index contributed by atoms with van der Waals surface area (Å²) in [7, 11) is 0. The minimum Gasteiger partial charge on any atom is -0.350 e. The van der Waals surface area contributed by atoms with E-state index < -0.39 is 0 Å². The Labute approximate surface area is 149 Å². The molecule has 0 aromatic rings. The molecule has 23 heavy (non-hydrogen) atoms. The van der Waals surface area contributed by atoms with Crippen molar-refractivity contribution in [1.29, 1.82) is 0 Å². The zero-order chi connectivity index (χ0) is 15.9. The van der Waals surface area contributed by atoms with E-state index in [1.54, 1.807) is 16.7 Å². The minimum absolute atomic E-state index is 0. The summed E-state index contributed by atoms with van der Waals surface area (Å²) in [6, 6.07) is -0.261. The van der Waals surface area contributed by atoms with E-state index in [2.05, 4.69) is 5.32 Å². The van der Waals surface area contributed by atoms with Crippen LogP contribution in [0, 0.1) is 5.92 Å². The van der Waals surface area contributed by atoms with Gasteiger partial charge in [0.1, 0.15) is 6.04 Å². The molecule has 1 saturated carbocycles. The molecule has 7 heteroatoms. The van der Waals surface area contributed by atoms with Gasteiger partial charge in [-0.15, -0.1) is 24.2 Å². The second-order valence-corrected chi connectivity index (χ2v) is 7.38. The maximum absolute atomic E-state index is 12.6. The maximum atomic E-state index is 12.6. The van der Waals surface area contributed by atoms with Crippen molar-refractivity contribution in [2.45, 2.75) is 64.0 Å². The number of carbonyl (C=O) groups is 2. The lowest BCUT2D eigenvalue weighted by Crippen LogP contribution is -2.53. The molecule has 5 nitrogen and oxygen atoms in total. The number of nitrogens with zero attached hydrogens (tertiary/aromatic N) is 1. The van der Waals surface area contributed by atoms with E-state index in [1.165, 1.54) is 19.3 Å². The Balaban J connectivity index is 0.00000264. The molecule has 2 unspecified atom stereocenters. The highest BCUT2D eigenvalue weighted by Crippen LogP contribution is 2.27. The van der Waals surface area contributed by atoms with Crippen LogP contribution in [0.25, 0.3) is 0 Å². The summed E-state index contributed by atoms with van der Waals surface area (Å²) in [6.07, 6.45) is 7.41. The largest absolute Gasteiger partial charge is 0.350 e. The van der Waals surface area contributed by atoms with Crippen molar-refractivity contribution >= 4 is 36.0 Å². The predicted molar refractivity (Wildman–Crippen MR) is 97.7 cm³/mol. The third-order valence-corrected chi connectivity index (χ3v) is 5.78. The highest BCUT2D eigenvalue weighted by atomic mass is 35.5. The van der Waals surface area contributed by atoms with Crippen LogP contribution in [-0.2, 0) is 9.59 Å². The lowest BCUT2D eigenvalue weighted by atomic mass is 9.84. The topological polar surface area (TPSA) is 75.4 Å². The highest BCUT2D eigenvalue weighted by Gasteiger charge is 2.35. The van der Waals surface area contributed by atoms with Crippen LogP contribution in [0.3, 0.4) is 0 Å². The van der Waals surface area contributed by atoms with E-state index in [4.69, 9.17) is 5.73 Å². The number of nitrogens with one attached hydrogen (secondary N) is 1. The second-order valence-electron chi connectivity index (χ2n) is 6.38. The smallest absolute Gasteiger partial charge is 0.243 e. The van der Waals surface area contributed by atoms with Gasteiger partial charge in [-0.05, 0) is 25.2 Å². The molecule has 1 aliphatic heterocycles. The van der Waals surface area contributed by atoms with Gasteiger partial charge in [-0.25, -0.2) is 0 Å². The molecule has 1 aliphatic carbocycles. The van der Waals surface area contributed by atoms with E-state index in [0.717, 1.165) is 19.3 Å². The van der Waals surface area contributed by atoms with Gasteiger partial charge in [0.15, 0.2) is 0 Å². The molecular weight excluding hydrogens is 334 g/mol. The van der Waals surface area contributed by atoms with Crippen molar-refractivity contribution in [3.05, 3.63) is 0 Å². The van der Waals surface area contributed by atoms with Gasteiger partial charge in [-0.2, -0.15) is 0 Å². The van der Waals surface area contributed by atoms with E-state index >= 15 is 0 Å². The van der Waals surface area contributed by atoms with E-state index in [9.17, 15) is 9.59 Å². The fourth-order valence-corrected chi connectivity index (χ4v) is 4.63. The number of nitrogens with two attached hydrogens (primary N) is 1. The summed E-state index contributed by atoms with van der Waals surface area (Å²) in [5.74, 6) is 1.90. The molecule has 2 fully saturated rings. The number of hydrogen-bond donors (Lipinski definition) is 2. The molecule has 1 saturated heterocycles. The van der Waals surface area contributed by atoms with Crippen LogP contribution in [0.4, 0.5) is 0 Å². The summed E-state index contributed by atoms with van der Waals surface area (Å²) in [5, 5.41) is 3.13. The predicted octanol–water partition coefficient (Wildman–Crippen LogP) is 2.13. The summed E-state index contributed by atoms with van der Waals surface area (Å²) in [5.41, 5.74) is 5.89. The molecule has 0 radical (unpaired) electrons. The van der Waals surface area contributed by atoms with Crippen molar-refractivity contribution in [2.24, 2.45) is 11.7 Å². The van der Waals surface area contributed by atoms with Gasteiger partial charge in [0.2, 0.25) is 11.8 Å². The standard InChI is InChI=1S/C16H29N3O2S.ClH/c1-2-6-15(20)19-11-22-10-14(19)16(21)18-13(9-17)12-7-4-3-5-8-12;/h12-14H,2-11,17H2,1H3,(H,18,21);1H. The first-order valence-electron chi connectivity index (χ1n) is 8.55. The molecule has 134 valence electrons. The number of amides is 2. The summed E-state index contributed by atoms with van der Waals surface area (Å²) in [4.78, 5) is 26.5. The fourth-order valence-electron chi connectivity index (χ4n) is 3.45. The Morgan fingerprint density at radius 3 is 2.61 bits per heavy atom. The Bertz CT molecular complexity index is 392. The van der Waals surface area contributed by atoms with Crippen molar-refractivity contribution in [2.75, 3.05) is 18.2 Å². The summed E-state index contributed by atoms with van der Waals surface area (Å²) < 4.78 is 0.